The van der Waals surface area contributed by atoms with Crippen molar-refractivity contribution < 1.29 is 24.5 Å². The number of amides is 1. The van der Waals surface area contributed by atoms with Crippen molar-refractivity contribution in [2.24, 2.45) is 0 Å². The Morgan fingerprint density at radius 3 is 1.00 bits per heavy atom. The van der Waals surface area contributed by atoms with E-state index in [2.05, 4.69) is 67.8 Å². The molecule has 0 saturated heterocycles. The summed E-state index contributed by atoms with van der Waals surface area (Å²) < 4.78 is 5.44. The van der Waals surface area contributed by atoms with Crippen LogP contribution in [0.3, 0.4) is 0 Å². The van der Waals surface area contributed by atoms with E-state index in [4.69, 9.17) is 4.74 Å². The fraction of sp³-hybridized carbons (Fsp3) is 0.833. The molecule has 6 nitrogen and oxygen atoms in total. The predicted molar refractivity (Wildman–Crippen MR) is 342 cm³/mol. The van der Waals surface area contributed by atoms with E-state index in [0.717, 1.165) is 57.8 Å². The maximum atomic E-state index is 12.5. The van der Waals surface area contributed by atoms with Crippen LogP contribution in [0.15, 0.2) is 60.8 Å². The minimum Gasteiger partial charge on any atom is -0.465 e. The Kier molecular flexibility index (Phi) is 65.0. The molecule has 1 amide bonds. The highest BCUT2D eigenvalue weighted by Crippen LogP contribution is 2.18. The molecule has 3 N–H and O–H groups in total. The molecule has 0 aromatic rings. The molecule has 2 atom stereocenters. The van der Waals surface area contributed by atoms with Gasteiger partial charge in [0.2, 0.25) is 5.91 Å². The molecular weight excluding hydrogens is 959 g/mol. The zero-order chi connectivity index (χ0) is 56.4. The summed E-state index contributed by atoms with van der Waals surface area (Å²) in [6, 6.07) is -0.634. The average molecular weight is 1090 g/mol. The first-order valence-corrected chi connectivity index (χ1v) is 34.6. The SMILES string of the molecule is CCCCC/C=C\C/C=C\CCCCCCCCCCCC(=O)OCC/C=C\C/C=C\CCCCCCCCCCCCCCCCC(=O)NC(CO)C(O)/C=C/CCCCCCCCCCCCCCCCCCCCC. The molecular formula is C72H133NO5. The monoisotopic (exact) mass is 1090 g/mol. The van der Waals surface area contributed by atoms with Crippen LogP contribution in [0.25, 0.3) is 0 Å². The standard InChI is InChI=1S/C72H133NO5/c1-3-5-7-9-11-13-15-17-19-21-23-25-29-32-36-40-44-48-52-56-60-64-70(75)69(68-74)73-71(76)65-61-57-53-49-45-41-37-33-30-26-24-27-31-35-39-43-47-51-55-59-63-67-78-72(77)66-62-58-54-50-46-42-38-34-28-22-20-18-16-14-12-10-8-6-4-2/h12,14,18,20,43,47,55,59-60,64,69-70,74-75H,3-11,13,15-17,19,21-42,44-46,48-54,56-58,61-63,65-68H2,1-2H3,(H,73,76)/b14-12-,20-18-,47-43-,59-55-,64-60+. The summed E-state index contributed by atoms with van der Waals surface area (Å²) in [6.07, 6.45) is 88.7. The zero-order valence-electron chi connectivity index (χ0n) is 52.1. The summed E-state index contributed by atoms with van der Waals surface area (Å²) in [7, 11) is 0. The molecule has 456 valence electrons. The average Bonchev–Trinajstić information content (AvgIpc) is 3.44. The van der Waals surface area contributed by atoms with Crippen LogP contribution in [0.2, 0.25) is 0 Å². The van der Waals surface area contributed by atoms with Crippen LogP contribution in [0, 0.1) is 0 Å². The van der Waals surface area contributed by atoms with Crippen LogP contribution in [-0.2, 0) is 14.3 Å². The third-order valence-electron chi connectivity index (χ3n) is 15.8. The van der Waals surface area contributed by atoms with E-state index >= 15 is 0 Å². The van der Waals surface area contributed by atoms with Crippen molar-refractivity contribution in [1.82, 2.24) is 5.32 Å². The lowest BCUT2D eigenvalue weighted by atomic mass is 10.0. The number of ether oxygens (including phenoxy) is 1. The van der Waals surface area contributed by atoms with Crippen LogP contribution in [0.5, 0.6) is 0 Å². The van der Waals surface area contributed by atoms with Crippen molar-refractivity contribution >= 4 is 11.9 Å². The Morgan fingerprint density at radius 1 is 0.359 bits per heavy atom. The first-order chi connectivity index (χ1) is 38.5. The Bertz CT molecular complexity index is 1350. The number of allylic oxidation sites excluding steroid dienone is 8. The van der Waals surface area contributed by atoms with Crippen LogP contribution < -0.4 is 5.32 Å². The van der Waals surface area contributed by atoms with Crippen molar-refractivity contribution in [1.29, 1.82) is 0 Å². The molecule has 0 aliphatic heterocycles. The van der Waals surface area contributed by atoms with Gasteiger partial charge in [0.1, 0.15) is 0 Å². The van der Waals surface area contributed by atoms with Gasteiger partial charge in [-0.1, -0.05) is 325 Å². The first-order valence-electron chi connectivity index (χ1n) is 34.6. The van der Waals surface area contributed by atoms with Gasteiger partial charge in [0.15, 0.2) is 0 Å². The van der Waals surface area contributed by atoms with Crippen molar-refractivity contribution in [2.75, 3.05) is 13.2 Å². The summed E-state index contributed by atoms with van der Waals surface area (Å²) in [6.45, 7) is 4.79. The van der Waals surface area contributed by atoms with E-state index in [1.807, 2.05) is 6.08 Å². The van der Waals surface area contributed by atoms with Crippen molar-refractivity contribution in [3.05, 3.63) is 60.8 Å². The molecule has 0 aliphatic rings. The minimum atomic E-state index is -0.851. The van der Waals surface area contributed by atoms with Gasteiger partial charge in [-0.25, -0.2) is 0 Å². The van der Waals surface area contributed by atoms with E-state index in [1.54, 1.807) is 6.08 Å². The molecule has 0 saturated carbocycles. The molecule has 78 heavy (non-hydrogen) atoms. The van der Waals surface area contributed by atoms with Gasteiger partial charge in [-0.2, -0.15) is 0 Å². The number of carbonyl (C=O) groups is 2. The molecule has 0 spiro atoms. The van der Waals surface area contributed by atoms with Crippen LogP contribution >= 0.6 is 0 Å². The zero-order valence-corrected chi connectivity index (χ0v) is 52.1. The second-order valence-corrected chi connectivity index (χ2v) is 23.5. The smallest absolute Gasteiger partial charge is 0.305 e. The summed E-state index contributed by atoms with van der Waals surface area (Å²) >= 11 is 0. The third kappa shape index (κ3) is 62.8. The van der Waals surface area contributed by atoms with Crippen LogP contribution in [0.4, 0.5) is 0 Å². The lowest BCUT2D eigenvalue weighted by molar-refractivity contribution is -0.143. The van der Waals surface area contributed by atoms with Crippen LogP contribution in [-0.4, -0.2) is 47.4 Å². The maximum Gasteiger partial charge on any atom is 0.305 e. The lowest BCUT2D eigenvalue weighted by Gasteiger charge is -2.20. The van der Waals surface area contributed by atoms with Gasteiger partial charge in [0, 0.05) is 12.8 Å². The number of rotatable bonds is 64. The fourth-order valence-corrected chi connectivity index (χ4v) is 10.5. The Labute approximate surface area is 486 Å². The van der Waals surface area contributed by atoms with Crippen molar-refractivity contribution in [3.8, 4) is 0 Å². The molecule has 0 radical (unpaired) electrons. The topological polar surface area (TPSA) is 95.9 Å². The number of aliphatic hydroxyl groups excluding tert-OH is 2. The highest BCUT2D eigenvalue weighted by molar-refractivity contribution is 5.76. The number of nitrogens with one attached hydrogen (secondary N) is 1. The number of unbranched alkanes of at least 4 members (excludes halogenated alkanes) is 45. The van der Waals surface area contributed by atoms with E-state index in [-0.39, 0.29) is 18.5 Å². The molecule has 0 heterocycles. The highest BCUT2D eigenvalue weighted by Gasteiger charge is 2.18. The van der Waals surface area contributed by atoms with E-state index < -0.39 is 12.1 Å². The summed E-state index contributed by atoms with van der Waals surface area (Å²) in [5.41, 5.74) is 0. The predicted octanol–water partition coefficient (Wildman–Crippen LogP) is 22.3. The van der Waals surface area contributed by atoms with Crippen LogP contribution in [0.1, 0.15) is 361 Å². The minimum absolute atomic E-state index is 0.0396. The number of carbonyl (C=O) groups excluding carboxylic acids is 2. The number of aliphatic hydroxyl groups is 2. The largest absolute Gasteiger partial charge is 0.465 e. The van der Waals surface area contributed by atoms with Gasteiger partial charge in [0.05, 0.1) is 25.4 Å². The number of esters is 1. The lowest BCUT2D eigenvalue weighted by Crippen LogP contribution is -2.45. The Hall–Kier alpha value is -2.44. The fourth-order valence-electron chi connectivity index (χ4n) is 10.5. The summed E-state index contributed by atoms with van der Waals surface area (Å²) in [5.74, 6) is -0.110. The van der Waals surface area contributed by atoms with E-state index in [0.29, 0.717) is 19.4 Å². The van der Waals surface area contributed by atoms with E-state index in [9.17, 15) is 19.8 Å². The Balaban J connectivity index is 3.47. The van der Waals surface area contributed by atoms with Gasteiger partial charge in [0.25, 0.3) is 0 Å². The number of hydrogen-bond acceptors (Lipinski definition) is 5. The molecule has 0 aliphatic carbocycles. The molecule has 0 bridgehead atoms. The van der Waals surface area contributed by atoms with E-state index in [1.165, 1.54) is 276 Å². The Morgan fingerprint density at radius 2 is 0.641 bits per heavy atom. The van der Waals surface area contributed by atoms with Gasteiger partial charge >= 0.3 is 5.97 Å². The summed E-state index contributed by atoms with van der Waals surface area (Å²) in [5, 5.41) is 23.2. The van der Waals surface area contributed by atoms with Crippen molar-refractivity contribution in [2.45, 2.75) is 373 Å². The van der Waals surface area contributed by atoms with Gasteiger partial charge in [-0.3, -0.25) is 9.59 Å². The van der Waals surface area contributed by atoms with Gasteiger partial charge in [-0.05, 0) is 83.5 Å². The first kappa shape index (κ1) is 75.6. The van der Waals surface area contributed by atoms with Gasteiger partial charge < -0.3 is 20.3 Å². The molecule has 0 rings (SSSR count). The molecule has 6 heteroatoms. The van der Waals surface area contributed by atoms with Crippen molar-refractivity contribution in [3.63, 3.8) is 0 Å². The molecule has 0 aromatic heterocycles. The highest BCUT2D eigenvalue weighted by atomic mass is 16.5. The quantitative estimate of drug-likeness (QED) is 0.0320. The normalized spacial score (nSPS) is 12.9. The number of hydrogen-bond donors (Lipinski definition) is 3. The molecule has 0 aromatic carbocycles. The maximum absolute atomic E-state index is 12.5. The third-order valence-corrected chi connectivity index (χ3v) is 15.8. The molecule has 0 fully saturated rings. The second kappa shape index (κ2) is 67.1. The summed E-state index contributed by atoms with van der Waals surface area (Å²) in [4.78, 5) is 24.6. The second-order valence-electron chi connectivity index (χ2n) is 23.5. The molecule has 2 unspecified atom stereocenters. The van der Waals surface area contributed by atoms with Gasteiger partial charge in [-0.15, -0.1) is 0 Å².